The Balaban J connectivity index is 1.58. The van der Waals surface area contributed by atoms with E-state index in [2.05, 4.69) is 46.3 Å². The van der Waals surface area contributed by atoms with Crippen LogP contribution in [0, 0.1) is 6.92 Å². The van der Waals surface area contributed by atoms with Crippen LogP contribution in [0.4, 0.5) is 0 Å². The molecule has 2 aromatic heterocycles. The molecule has 3 aromatic rings. The predicted octanol–water partition coefficient (Wildman–Crippen LogP) is 3.75. The minimum Gasteiger partial charge on any atom is -0.230 e. The number of benzene rings is 1. The second-order valence-corrected chi connectivity index (χ2v) is 6.76. The summed E-state index contributed by atoms with van der Waals surface area (Å²) in [4.78, 5) is 8.82. The average Bonchev–Trinajstić information content (AvgIpc) is 3.19. The summed E-state index contributed by atoms with van der Waals surface area (Å²) >= 11 is 1.73. The number of aryl methyl sites for hydroxylation is 1. The fourth-order valence-electron chi connectivity index (χ4n) is 3.07. The van der Waals surface area contributed by atoms with Crippen LogP contribution in [-0.2, 0) is 18.6 Å². The molecule has 0 atom stereocenters. The van der Waals surface area contributed by atoms with Crippen LogP contribution in [0.2, 0.25) is 0 Å². The molecular formula is C18H18N4S. The zero-order valence-corrected chi connectivity index (χ0v) is 13.9. The molecule has 1 aliphatic rings. The normalized spacial score (nSPS) is 13.3. The van der Waals surface area contributed by atoms with E-state index in [1.807, 2.05) is 16.8 Å². The summed E-state index contributed by atoms with van der Waals surface area (Å²) in [5, 5.41) is 5.66. The summed E-state index contributed by atoms with van der Waals surface area (Å²) in [6.45, 7) is 2.09. The van der Waals surface area contributed by atoms with E-state index in [0.717, 1.165) is 35.1 Å². The zero-order valence-electron chi connectivity index (χ0n) is 13.1. The standard InChI is InChI=1S/C18H18N4S/c1-13-15-8-5-9-16(15)22(21-13)17-10-18(20-12-19-17)23-11-14-6-3-2-4-7-14/h2-4,6-7,10,12H,5,8-9,11H2,1H3. The molecule has 0 bridgehead atoms. The maximum atomic E-state index is 4.68. The first-order valence-corrected chi connectivity index (χ1v) is 8.86. The topological polar surface area (TPSA) is 43.6 Å². The Bertz CT molecular complexity index is 826. The van der Waals surface area contributed by atoms with Crippen LogP contribution in [-0.4, -0.2) is 19.7 Å². The quantitative estimate of drug-likeness (QED) is 0.542. The highest BCUT2D eigenvalue weighted by molar-refractivity contribution is 7.98. The van der Waals surface area contributed by atoms with Gasteiger partial charge in [-0.15, -0.1) is 11.8 Å². The molecule has 116 valence electrons. The number of aromatic nitrogens is 4. The maximum Gasteiger partial charge on any atom is 0.158 e. The Morgan fingerprint density at radius 1 is 1.13 bits per heavy atom. The van der Waals surface area contributed by atoms with Gasteiger partial charge in [0.25, 0.3) is 0 Å². The van der Waals surface area contributed by atoms with Crippen LogP contribution in [0.5, 0.6) is 0 Å². The molecule has 0 spiro atoms. The van der Waals surface area contributed by atoms with Gasteiger partial charge in [-0.1, -0.05) is 30.3 Å². The third-order valence-corrected chi connectivity index (χ3v) is 5.20. The summed E-state index contributed by atoms with van der Waals surface area (Å²) in [7, 11) is 0. The molecule has 5 heteroatoms. The van der Waals surface area contributed by atoms with Gasteiger partial charge in [-0.25, -0.2) is 14.6 Å². The lowest BCUT2D eigenvalue weighted by Gasteiger charge is -2.06. The number of rotatable bonds is 4. The van der Waals surface area contributed by atoms with E-state index in [4.69, 9.17) is 0 Å². The molecule has 0 N–H and O–H groups in total. The minimum atomic E-state index is 0.877. The summed E-state index contributed by atoms with van der Waals surface area (Å²) < 4.78 is 2.01. The Kier molecular flexibility index (Phi) is 3.87. The Labute approximate surface area is 140 Å². The molecule has 23 heavy (non-hydrogen) atoms. The Morgan fingerprint density at radius 3 is 2.87 bits per heavy atom. The zero-order chi connectivity index (χ0) is 15.6. The molecule has 0 unspecified atom stereocenters. The molecule has 1 aromatic carbocycles. The van der Waals surface area contributed by atoms with Gasteiger partial charge in [0, 0.05) is 17.5 Å². The van der Waals surface area contributed by atoms with Gasteiger partial charge in [0.2, 0.25) is 0 Å². The van der Waals surface area contributed by atoms with Crippen molar-refractivity contribution in [3.63, 3.8) is 0 Å². The van der Waals surface area contributed by atoms with Crippen LogP contribution in [0.25, 0.3) is 5.82 Å². The molecule has 0 saturated carbocycles. The van der Waals surface area contributed by atoms with Crippen molar-refractivity contribution in [1.29, 1.82) is 0 Å². The fourth-order valence-corrected chi connectivity index (χ4v) is 3.89. The van der Waals surface area contributed by atoms with Crippen molar-refractivity contribution in [2.24, 2.45) is 0 Å². The van der Waals surface area contributed by atoms with Crippen LogP contribution < -0.4 is 0 Å². The minimum absolute atomic E-state index is 0.877. The van der Waals surface area contributed by atoms with Crippen LogP contribution in [0.15, 0.2) is 47.8 Å². The molecular weight excluding hydrogens is 304 g/mol. The lowest BCUT2D eigenvalue weighted by molar-refractivity contribution is 0.748. The first kappa shape index (κ1) is 14.5. The van der Waals surface area contributed by atoms with Crippen molar-refractivity contribution in [3.05, 3.63) is 65.2 Å². The van der Waals surface area contributed by atoms with Crippen molar-refractivity contribution in [1.82, 2.24) is 19.7 Å². The highest BCUT2D eigenvalue weighted by Gasteiger charge is 2.21. The van der Waals surface area contributed by atoms with Gasteiger partial charge in [0.05, 0.1) is 5.69 Å². The Hall–Kier alpha value is -2.14. The highest BCUT2D eigenvalue weighted by Crippen LogP contribution is 2.28. The number of nitrogens with zero attached hydrogens (tertiary/aromatic N) is 4. The molecule has 0 amide bonds. The van der Waals surface area contributed by atoms with Gasteiger partial charge in [-0.3, -0.25) is 0 Å². The Morgan fingerprint density at radius 2 is 2.00 bits per heavy atom. The fraction of sp³-hybridized carbons (Fsp3) is 0.278. The number of fused-ring (bicyclic) bond motifs is 1. The van der Waals surface area contributed by atoms with E-state index < -0.39 is 0 Å². The predicted molar refractivity (Wildman–Crippen MR) is 91.9 cm³/mol. The van der Waals surface area contributed by atoms with E-state index in [-0.39, 0.29) is 0 Å². The van der Waals surface area contributed by atoms with Crippen LogP contribution in [0.1, 0.15) is 28.9 Å². The molecule has 4 rings (SSSR count). The summed E-state index contributed by atoms with van der Waals surface area (Å²) in [5.74, 6) is 1.79. The van der Waals surface area contributed by atoms with Gasteiger partial charge < -0.3 is 0 Å². The molecule has 0 aliphatic heterocycles. The van der Waals surface area contributed by atoms with E-state index >= 15 is 0 Å². The monoisotopic (exact) mass is 322 g/mol. The molecule has 1 aliphatic carbocycles. The number of hydrogen-bond acceptors (Lipinski definition) is 4. The van der Waals surface area contributed by atoms with Crippen molar-refractivity contribution in [2.75, 3.05) is 0 Å². The van der Waals surface area contributed by atoms with E-state index in [0.29, 0.717) is 0 Å². The number of hydrogen-bond donors (Lipinski definition) is 0. The van der Waals surface area contributed by atoms with Gasteiger partial charge in [-0.05, 0) is 37.3 Å². The van der Waals surface area contributed by atoms with Gasteiger partial charge in [-0.2, -0.15) is 5.10 Å². The first-order valence-electron chi connectivity index (χ1n) is 7.88. The maximum absolute atomic E-state index is 4.68. The van der Waals surface area contributed by atoms with Gasteiger partial charge >= 0.3 is 0 Å². The average molecular weight is 322 g/mol. The lowest BCUT2D eigenvalue weighted by atomic mass is 10.2. The smallest absolute Gasteiger partial charge is 0.158 e. The van der Waals surface area contributed by atoms with E-state index in [1.165, 1.54) is 23.2 Å². The largest absolute Gasteiger partial charge is 0.230 e. The van der Waals surface area contributed by atoms with Crippen molar-refractivity contribution in [2.45, 2.75) is 37.0 Å². The SMILES string of the molecule is Cc1nn(-c2cc(SCc3ccccc3)ncn2)c2c1CCC2. The second-order valence-electron chi connectivity index (χ2n) is 5.76. The first-order chi connectivity index (χ1) is 11.3. The van der Waals surface area contributed by atoms with Crippen molar-refractivity contribution >= 4 is 11.8 Å². The third kappa shape index (κ3) is 2.88. The van der Waals surface area contributed by atoms with Gasteiger partial charge in [0.1, 0.15) is 11.4 Å². The van der Waals surface area contributed by atoms with Gasteiger partial charge in [0.15, 0.2) is 5.82 Å². The molecule has 2 heterocycles. The van der Waals surface area contributed by atoms with Crippen LogP contribution >= 0.6 is 11.8 Å². The molecule has 0 radical (unpaired) electrons. The van der Waals surface area contributed by atoms with Crippen molar-refractivity contribution in [3.8, 4) is 5.82 Å². The second kappa shape index (κ2) is 6.16. The lowest BCUT2D eigenvalue weighted by Crippen LogP contribution is -2.04. The summed E-state index contributed by atoms with van der Waals surface area (Å²) in [6.07, 6.45) is 5.09. The van der Waals surface area contributed by atoms with E-state index in [9.17, 15) is 0 Å². The molecule has 0 saturated heterocycles. The number of thioether (sulfide) groups is 1. The highest BCUT2D eigenvalue weighted by atomic mass is 32.2. The molecule has 4 nitrogen and oxygen atoms in total. The summed E-state index contributed by atoms with van der Waals surface area (Å²) in [5.41, 5.74) is 5.16. The van der Waals surface area contributed by atoms with Crippen LogP contribution in [0.3, 0.4) is 0 Å². The summed E-state index contributed by atoms with van der Waals surface area (Å²) in [6, 6.07) is 12.5. The molecule has 0 fully saturated rings. The van der Waals surface area contributed by atoms with E-state index in [1.54, 1.807) is 18.1 Å². The van der Waals surface area contributed by atoms with Crippen molar-refractivity contribution < 1.29 is 0 Å². The third-order valence-electron chi connectivity index (χ3n) is 4.21.